The van der Waals surface area contributed by atoms with Crippen LogP contribution in [0.4, 0.5) is 5.69 Å². The van der Waals surface area contributed by atoms with Gasteiger partial charge in [-0.2, -0.15) is 0 Å². The van der Waals surface area contributed by atoms with E-state index in [1.54, 1.807) is 35.9 Å². The van der Waals surface area contributed by atoms with Crippen molar-refractivity contribution in [3.05, 3.63) is 59.4 Å². The molecule has 0 spiro atoms. The molecule has 0 unspecified atom stereocenters. The van der Waals surface area contributed by atoms with Gasteiger partial charge in [-0.1, -0.05) is 29.5 Å². The topological polar surface area (TPSA) is 107 Å². The first-order chi connectivity index (χ1) is 15.0. The van der Waals surface area contributed by atoms with Crippen LogP contribution in [-0.4, -0.2) is 39.1 Å². The molecule has 0 radical (unpaired) electrons. The number of anilines is 1. The number of nitrogens with one attached hydrogen (secondary N) is 2. The van der Waals surface area contributed by atoms with Crippen molar-refractivity contribution in [2.24, 2.45) is 7.05 Å². The summed E-state index contributed by atoms with van der Waals surface area (Å²) in [6.45, 7) is 2.36. The van der Waals surface area contributed by atoms with E-state index in [1.807, 2.05) is 25.1 Å². The molecule has 1 aliphatic heterocycles. The zero-order valence-corrected chi connectivity index (χ0v) is 17.9. The smallest absolute Gasteiger partial charge is 0.251 e. The molecule has 31 heavy (non-hydrogen) atoms. The van der Waals surface area contributed by atoms with Gasteiger partial charge in [-0.15, -0.1) is 10.2 Å². The van der Waals surface area contributed by atoms with Crippen molar-refractivity contribution in [3.8, 4) is 11.5 Å². The standard InChI is InChI=1S/C21H21N5O4S/c1-13-4-3-5-14(8-13)20(28)22-10-18-24-25-21(26(18)2)31-11-19(27)23-15-6-7-16-17(9-15)30-12-29-16/h3-9H,10-12H2,1-2H3,(H,22,28)(H,23,27). The van der Waals surface area contributed by atoms with Crippen molar-refractivity contribution in [1.82, 2.24) is 20.1 Å². The van der Waals surface area contributed by atoms with Crippen molar-refractivity contribution in [2.45, 2.75) is 18.6 Å². The molecule has 2 heterocycles. The van der Waals surface area contributed by atoms with Gasteiger partial charge in [-0.3, -0.25) is 9.59 Å². The van der Waals surface area contributed by atoms with E-state index in [1.165, 1.54) is 11.8 Å². The highest BCUT2D eigenvalue weighted by Gasteiger charge is 2.16. The summed E-state index contributed by atoms with van der Waals surface area (Å²) in [5, 5.41) is 14.5. The fourth-order valence-corrected chi connectivity index (χ4v) is 3.70. The maximum absolute atomic E-state index is 12.3. The highest BCUT2D eigenvalue weighted by Crippen LogP contribution is 2.34. The molecule has 0 atom stereocenters. The summed E-state index contributed by atoms with van der Waals surface area (Å²) in [5.41, 5.74) is 2.24. The van der Waals surface area contributed by atoms with E-state index in [0.29, 0.717) is 33.7 Å². The second kappa shape index (κ2) is 9.09. The Morgan fingerprint density at radius 3 is 2.81 bits per heavy atom. The van der Waals surface area contributed by atoms with Crippen LogP contribution in [0, 0.1) is 6.92 Å². The van der Waals surface area contributed by atoms with Crippen LogP contribution in [0.1, 0.15) is 21.7 Å². The van der Waals surface area contributed by atoms with Crippen LogP contribution in [-0.2, 0) is 18.4 Å². The van der Waals surface area contributed by atoms with Gasteiger partial charge in [0.25, 0.3) is 5.91 Å². The molecule has 2 N–H and O–H groups in total. The van der Waals surface area contributed by atoms with E-state index in [2.05, 4.69) is 20.8 Å². The number of carbonyl (C=O) groups is 2. The molecule has 1 aromatic heterocycles. The second-order valence-corrected chi connectivity index (χ2v) is 7.86. The van der Waals surface area contributed by atoms with Crippen molar-refractivity contribution in [2.75, 3.05) is 17.9 Å². The van der Waals surface area contributed by atoms with Gasteiger partial charge in [0.15, 0.2) is 22.5 Å². The first kappa shape index (κ1) is 20.7. The number of aryl methyl sites for hydroxylation is 1. The Hall–Kier alpha value is -3.53. The normalized spacial score (nSPS) is 11.9. The molecule has 2 amide bonds. The van der Waals surface area contributed by atoms with Gasteiger partial charge in [0, 0.05) is 24.4 Å². The van der Waals surface area contributed by atoms with Crippen molar-refractivity contribution >= 4 is 29.3 Å². The summed E-state index contributed by atoms with van der Waals surface area (Å²) in [6.07, 6.45) is 0. The minimum absolute atomic E-state index is 0.163. The molecular weight excluding hydrogens is 418 g/mol. The molecule has 2 aromatic carbocycles. The van der Waals surface area contributed by atoms with E-state index in [9.17, 15) is 9.59 Å². The van der Waals surface area contributed by atoms with E-state index in [4.69, 9.17) is 9.47 Å². The third-order valence-electron chi connectivity index (χ3n) is 4.60. The Morgan fingerprint density at radius 2 is 1.97 bits per heavy atom. The first-order valence-electron chi connectivity index (χ1n) is 9.55. The number of carbonyl (C=O) groups excluding carboxylic acids is 2. The lowest BCUT2D eigenvalue weighted by Gasteiger charge is -2.07. The van der Waals surface area contributed by atoms with Crippen LogP contribution in [0.25, 0.3) is 0 Å². The molecule has 0 aliphatic carbocycles. The van der Waals surface area contributed by atoms with Gasteiger partial charge in [-0.05, 0) is 31.2 Å². The highest BCUT2D eigenvalue weighted by atomic mass is 32.2. The molecule has 0 saturated carbocycles. The van der Waals surface area contributed by atoms with Gasteiger partial charge in [0.05, 0.1) is 12.3 Å². The average molecular weight is 439 g/mol. The number of aromatic nitrogens is 3. The van der Waals surface area contributed by atoms with Gasteiger partial charge < -0.3 is 24.7 Å². The predicted octanol–water partition coefficient (Wildman–Crippen LogP) is 2.51. The lowest BCUT2D eigenvalue weighted by Crippen LogP contribution is -2.24. The summed E-state index contributed by atoms with van der Waals surface area (Å²) in [6, 6.07) is 12.6. The minimum atomic E-state index is -0.179. The number of benzene rings is 2. The molecule has 1 aliphatic rings. The van der Waals surface area contributed by atoms with Gasteiger partial charge >= 0.3 is 0 Å². The molecular formula is C21H21N5O4S. The molecule has 9 nitrogen and oxygen atoms in total. The Labute approximate surface area is 183 Å². The fraction of sp³-hybridized carbons (Fsp3) is 0.238. The van der Waals surface area contributed by atoms with Crippen LogP contribution in [0.5, 0.6) is 11.5 Å². The van der Waals surface area contributed by atoms with E-state index in [-0.39, 0.29) is 30.9 Å². The monoisotopic (exact) mass is 439 g/mol. The van der Waals surface area contributed by atoms with Crippen LogP contribution in [0.2, 0.25) is 0 Å². The third-order valence-corrected chi connectivity index (χ3v) is 5.62. The summed E-state index contributed by atoms with van der Waals surface area (Å²) in [7, 11) is 1.80. The molecule has 0 bridgehead atoms. The summed E-state index contributed by atoms with van der Waals surface area (Å²) >= 11 is 1.26. The molecule has 0 saturated heterocycles. The van der Waals surface area contributed by atoms with Gasteiger partial charge in [0.2, 0.25) is 12.7 Å². The predicted molar refractivity (Wildman–Crippen MR) is 115 cm³/mol. The molecule has 10 heteroatoms. The number of nitrogens with zero attached hydrogens (tertiary/aromatic N) is 3. The number of rotatable bonds is 7. The van der Waals surface area contributed by atoms with Crippen molar-refractivity contribution in [1.29, 1.82) is 0 Å². The number of hydrogen-bond donors (Lipinski definition) is 2. The second-order valence-electron chi connectivity index (χ2n) is 6.91. The van der Waals surface area contributed by atoms with Gasteiger partial charge in [-0.25, -0.2) is 0 Å². The summed E-state index contributed by atoms with van der Waals surface area (Å²) < 4.78 is 12.3. The lowest BCUT2D eigenvalue weighted by molar-refractivity contribution is -0.113. The Morgan fingerprint density at radius 1 is 1.13 bits per heavy atom. The Kier molecular flexibility index (Phi) is 6.08. The maximum Gasteiger partial charge on any atom is 0.251 e. The third kappa shape index (κ3) is 4.97. The van der Waals surface area contributed by atoms with Crippen LogP contribution >= 0.6 is 11.8 Å². The maximum atomic E-state index is 12.3. The van der Waals surface area contributed by atoms with Crippen molar-refractivity contribution in [3.63, 3.8) is 0 Å². The fourth-order valence-electron chi connectivity index (χ4n) is 2.97. The molecule has 0 fully saturated rings. The molecule has 4 rings (SSSR count). The van der Waals surface area contributed by atoms with Crippen LogP contribution < -0.4 is 20.1 Å². The van der Waals surface area contributed by atoms with E-state index in [0.717, 1.165) is 5.56 Å². The Bertz CT molecular complexity index is 1130. The number of ether oxygens (including phenoxy) is 2. The summed E-state index contributed by atoms with van der Waals surface area (Å²) in [5.74, 6) is 1.67. The number of amides is 2. The molecule has 160 valence electrons. The van der Waals surface area contributed by atoms with Crippen LogP contribution in [0.15, 0.2) is 47.6 Å². The lowest BCUT2D eigenvalue weighted by atomic mass is 10.1. The van der Waals surface area contributed by atoms with E-state index >= 15 is 0 Å². The van der Waals surface area contributed by atoms with Crippen molar-refractivity contribution < 1.29 is 19.1 Å². The SMILES string of the molecule is Cc1cccc(C(=O)NCc2nnc(SCC(=O)Nc3ccc4c(c3)OCO4)n2C)c1. The number of fused-ring (bicyclic) bond motifs is 1. The molecule has 3 aromatic rings. The summed E-state index contributed by atoms with van der Waals surface area (Å²) in [4.78, 5) is 24.6. The highest BCUT2D eigenvalue weighted by molar-refractivity contribution is 7.99. The average Bonchev–Trinajstić information content (AvgIpc) is 3.36. The Balaban J connectivity index is 1.29. The zero-order valence-electron chi connectivity index (χ0n) is 17.0. The minimum Gasteiger partial charge on any atom is -0.454 e. The van der Waals surface area contributed by atoms with E-state index < -0.39 is 0 Å². The van der Waals surface area contributed by atoms with Gasteiger partial charge in [0.1, 0.15) is 0 Å². The number of hydrogen-bond acceptors (Lipinski definition) is 7. The number of thioether (sulfide) groups is 1. The first-order valence-corrected chi connectivity index (χ1v) is 10.5. The quantitative estimate of drug-likeness (QED) is 0.545. The zero-order chi connectivity index (χ0) is 21.8. The largest absolute Gasteiger partial charge is 0.454 e. The van der Waals surface area contributed by atoms with Crippen LogP contribution in [0.3, 0.4) is 0 Å².